The molecule has 1 atom stereocenters. The molecule has 0 aliphatic heterocycles. The quantitative estimate of drug-likeness (QED) is 0.646. The Morgan fingerprint density at radius 3 is 1.76 bits per heavy atom. The second kappa shape index (κ2) is 8.36. The standard InChI is InChI=1S/C22H23NO2/c1-3-23-22(17-9-13-19(24-2)14-10-17)18-11-15-21(16-12-18)25-20-7-5-4-6-8-20/h4-16,22-23H,3H2,1-2H3. The van der Waals surface area contributed by atoms with Gasteiger partial charge in [0, 0.05) is 0 Å². The van der Waals surface area contributed by atoms with Crippen molar-refractivity contribution in [2.45, 2.75) is 13.0 Å². The van der Waals surface area contributed by atoms with E-state index < -0.39 is 0 Å². The fraction of sp³-hybridized carbons (Fsp3) is 0.182. The van der Waals surface area contributed by atoms with Gasteiger partial charge in [0.25, 0.3) is 0 Å². The third-order valence-electron chi connectivity index (χ3n) is 4.05. The summed E-state index contributed by atoms with van der Waals surface area (Å²) in [5, 5.41) is 3.54. The lowest BCUT2D eigenvalue weighted by Crippen LogP contribution is -2.21. The van der Waals surface area contributed by atoms with Crippen LogP contribution in [0.3, 0.4) is 0 Å². The summed E-state index contributed by atoms with van der Waals surface area (Å²) in [6.45, 7) is 3.00. The molecule has 0 aliphatic rings. The monoisotopic (exact) mass is 333 g/mol. The maximum Gasteiger partial charge on any atom is 0.127 e. The van der Waals surface area contributed by atoms with Crippen molar-refractivity contribution in [3.05, 3.63) is 90.0 Å². The maximum absolute atomic E-state index is 5.87. The molecule has 0 saturated carbocycles. The fourth-order valence-corrected chi connectivity index (χ4v) is 2.78. The van der Waals surface area contributed by atoms with Gasteiger partial charge in [-0.05, 0) is 54.1 Å². The van der Waals surface area contributed by atoms with E-state index in [2.05, 4.69) is 36.5 Å². The average Bonchev–Trinajstić information content (AvgIpc) is 2.68. The molecule has 25 heavy (non-hydrogen) atoms. The predicted molar refractivity (Wildman–Crippen MR) is 101 cm³/mol. The first-order valence-electron chi connectivity index (χ1n) is 8.50. The topological polar surface area (TPSA) is 30.5 Å². The molecule has 3 rings (SSSR count). The molecule has 1 unspecified atom stereocenters. The molecule has 0 aliphatic carbocycles. The number of hydrogen-bond acceptors (Lipinski definition) is 3. The fourth-order valence-electron chi connectivity index (χ4n) is 2.78. The van der Waals surface area contributed by atoms with Gasteiger partial charge in [0.15, 0.2) is 0 Å². The first-order valence-corrected chi connectivity index (χ1v) is 8.50. The first-order chi connectivity index (χ1) is 12.3. The van der Waals surface area contributed by atoms with Gasteiger partial charge in [-0.3, -0.25) is 0 Å². The highest BCUT2D eigenvalue weighted by molar-refractivity contribution is 5.39. The highest BCUT2D eigenvalue weighted by atomic mass is 16.5. The Bertz CT molecular complexity index is 767. The molecule has 1 N–H and O–H groups in total. The molecule has 0 heterocycles. The zero-order chi connectivity index (χ0) is 17.5. The van der Waals surface area contributed by atoms with Crippen molar-refractivity contribution < 1.29 is 9.47 Å². The minimum Gasteiger partial charge on any atom is -0.497 e. The number of para-hydroxylation sites is 1. The summed E-state index contributed by atoms with van der Waals surface area (Å²) in [6, 6.07) is 26.4. The van der Waals surface area contributed by atoms with Crippen LogP contribution in [-0.4, -0.2) is 13.7 Å². The summed E-state index contributed by atoms with van der Waals surface area (Å²) in [6.07, 6.45) is 0. The Hall–Kier alpha value is -2.78. The summed E-state index contributed by atoms with van der Waals surface area (Å²) in [4.78, 5) is 0. The largest absolute Gasteiger partial charge is 0.497 e. The second-order valence-electron chi connectivity index (χ2n) is 5.75. The Kier molecular flexibility index (Phi) is 5.70. The number of hydrogen-bond donors (Lipinski definition) is 1. The van der Waals surface area contributed by atoms with Gasteiger partial charge in [-0.25, -0.2) is 0 Å². The molecule has 0 amide bonds. The molecule has 0 spiro atoms. The maximum atomic E-state index is 5.87. The number of rotatable bonds is 7. The van der Waals surface area contributed by atoms with Crippen molar-refractivity contribution in [2.24, 2.45) is 0 Å². The average molecular weight is 333 g/mol. The molecule has 0 fully saturated rings. The number of methoxy groups -OCH3 is 1. The Balaban J connectivity index is 1.79. The van der Waals surface area contributed by atoms with Crippen molar-refractivity contribution in [3.8, 4) is 17.2 Å². The minimum atomic E-state index is 0.140. The lowest BCUT2D eigenvalue weighted by Gasteiger charge is -2.19. The predicted octanol–water partition coefficient (Wildman–Crippen LogP) is 5.19. The van der Waals surface area contributed by atoms with E-state index >= 15 is 0 Å². The van der Waals surface area contributed by atoms with E-state index in [9.17, 15) is 0 Å². The van der Waals surface area contributed by atoms with Crippen LogP contribution in [0.5, 0.6) is 17.2 Å². The van der Waals surface area contributed by atoms with Crippen LogP contribution in [0.2, 0.25) is 0 Å². The smallest absolute Gasteiger partial charge is 0.127 e. The van der Waals surface area contributed by atoms with Gasteiger partial charge < -0.3 is 14.8 Å². The summed E-state index contributed by atoms with van der Waals surface area (Å²) in [5.74, 6) is 2.54. The van der Waals surface area contributed by atoms with E-state index in [4.69, 9.17) is 9.47 Å². The van der Waals surface area contributed by atoms with Gasteiger partial charge in [0.1, 0.15) is 17.2 Å². The van der Waals surface area contributed by atoms with E-state index in [0.29, 0.717) is 0 Å². The summed E-state index contributed by atoms with van der Waals surface area (Å²) in [7, 11) is 1.68. The highest BCUT2D eigenvalue weighted by Crippen LogP contribution is 2.27. The summed E-state index contributed by atoms with van der Waals surface area (Å²) < 4.78 is 11.1. The van der Waals surface area contributed by atoms with Gasteiger partial charge in [-0.1, -0.05) is 49.4 Å². The first kappa shape index (κ1) is 17.1. The van der Waals surface area contributed by atoms with E-state index in [0.717, 1.165) is 23.8 Å². The van der Waals surface area contributed by atoms with E-state index in [1.165, 1.54) is 11.1 Å². The molecule has 0 saturated heterocycles. The lowest BCUT2D eigenvalue weighted by atomic mass is 9.98. The lowest BCUT2D eigenvalue weighted by molar-refractivity contribution is 0.414. The minimum absolute atomic E-state index is 0.140. The third-order valence-corrected chi connectivity index (χ3v) is 4.05. The Morgan fingerprint density at radius 2 is 1.24 bits per heavy atom. The Morgan fingerprint density at radius 1 is 0.720 bits per heavy atom. The van der Waals surface area contributed by atoms with E-state index in [1.54, 1.807) is 7.11 Å². The third kappa shape index (κ3) is 4.40. The van der Waals surface area contributed by atoms with E-state index in [1.807, 2.05) is 54.6 Å². The van der Waals surface area contributed by atoms with Crippen LogP contribution in [0.15, 0.2) is 78.9 Å². The van der Waals surface area contributed by atoms with Gasteiger partial charge in [0.2, 0.25) is 0 Å². The van der Waals surface area contributed by atoms with Crippen LogP contribution in [0.25, 0.3) is 0 Å². The molecular weight excluding hydrogens is 310 g/mol. The SMILES string of the molecule is CCNC(c1ccc(OC)cc1)c1ccc(Oc2ccccc2)cc1. The molecular formula is C22H23NO2. The van der Waals surface area contributed by atoms with Crippen LogP contribution in [0.4, 0.5) is 0 Å². The number of nitrogens with one attached hydrogen (secondary N) is 1. The molecule has 3 nitrogen and oxygen atoms in total. The molecule has 0 radical (unpaired) electrons. The normalized spacial score (nSPS) is 11.8. The van der Waals surface area contributed by atoms with Gasteiger partial charge in [-0.15, -0.1) is 0 Å². The van der Waals surface area contributed by atoms with Gasteiger partial charge in [0.05, 0.1) is 13.2 Å². The summed E-state index contributed by atoms with van der Waals surface area (Å²) >= 11 is 0. The zero-order valence-corrected chi connectivity index (χ0v) is 14.6. The van der Waals surface area contributed by atoms with Crippen molar-refractivity contribution in [2.75, 3.05) is 13.7 Å². The van der Waals surface area contributed by atoms with Crippen LogP contribution in [-0.2, 0) is 0 Å². The highest BCUT2D eigenvalue weighted by Gasteiger charge is 2.13. The molecule has 128 valence electrons. The van der Waals surface area contributed by atoms with Crippen LogP contribution in [0.1, 0.15) is 24.1 Å². The second-order valence-corrected chi connectivity index (χ2v) is 5.75. The number of ether oxygens (including phenoxy) is 2. The van der Waals surface area contributed by atoms with Crippen LogP contribution in [0, 0.1) is 0 Å². The molecule has 3 aromatic carbocycles. The number of benzene rings is 3. The Labute approximate surface area is 149 Å². The van der Waals surface area contributed by atoms with Gasteiger partial charge in [-0.2, -0.15) is 0 Å². The zero-order valence-electron chi connectivity index (χ0n) is 14.6. The van der Waals surface area contributed by atoms with Crippen LogP contribution < -0.4 is 14.8 Å². The van der Waals surface area contributed by atoms with E-state index in [-0.39, 0.29) is 6.04 Å². The van der Waals surface area contributed by atoms with Crippen molar-refractivity contribution in [1.82, 2.24) is 5.32 Å². The van der Waals surface area contributed by atoms with Crippen molar-refractivity contribution in [1.29, 1.82) is 0 Å². The van der Waals surface area contributed by atoms with Crippen molar-refractivity contribution in [3.63, 3.8) is 0 Å². The molecule has 3 aromatic rings. The summed E-state index contributed by atoms with van der Waals surface area (Å²) in [5.41, 5.74) is 2.41. The molecule has 0 bridgehead atoms. The molecule has 0 aromatic heterocycles. The van der Waals surface area contributed by atoms with Gasteiger partial charge >= 0.3 is 0 Å². The van der Waals surface area contributed by atoms with Crippen LogP contribution >= 0.6 is 0 Å². The van der Waals surface area contributed by atoms with Crippen molar-refractivity contribution >= 4 is 0 Å². The molecule has 3 heteroatoms.